The van der Waals surface area contributed by atoms with Crippen LogP contribution in [0.15, 0.2) is 65.9 Å². The molecular weight excluding hydrogens is 388 g/mol. The number of aliphatic imine (C=N–C) groups is 1. The Kier molecular flexibility index (Phi) is 7.62. The number of pyridine rings is 1. The lowest BCUT2D eigenvalue weighted by atomic mass is 10.1. The predicted octanol–water partition coefficient (Wildman–Crippen LogP) is 3.52. The number of halogens is 1. The topological polar surface area (TPSA) is 57.8 Å². The largest absolute Gasteiger partial charge is 0.858 e. The van der Waals surface area contributed by atoms with Crippen LogP contribution < -0.4 is 19.1 Å². The first kappa shape index (κ1) is 22.2. The average molecular weight is 413 g/mol. The van der Waals surface area contributed by atoms with Gasteiger partial charge in [0.25, 0.3) is 0 Å². The van der Waals surface area contributed by atoms with Gasteiger partial charge >= 0.3 is 0 Å². The summed E-state index contributed by atoms with van der Waals surface area (Å²) in [4.78, 5) is 4.34. The first-order valence-electron chi connectivity index (χ1n) is 9.04. The molecule has 1 heterocycles. The fourth-order valence-corrected chi connectivity index (χ4v) is 3.08. The van der Waals surface area contributed by atoms with Gasteiger partial charge in [-0.15, -0.1) is 12.4 Å². The van der Waals surface area contributed by atoms with Crippen LogP contribution in [-0.4, -0.2) is 20.1 Å². The summed E-state index contributed by atoms with van der Waals surface area (Å²) in [7, 11) is 3.23. The van der Waals surface area contributed by atoms with E-state index < -0.39 is 0 Å². The van der Waals surface area contributed by atoms with Crippen LogP contribution in [0.25, 0.3) is 0 Å². The van der Waals surface area contributed by atoms with Crippen LogP contribution in [0.1, 0.15) is 22.3 Å². The van der Waals surface area contributed by atoms with E-state index in [1.807, 2.05) is 73.3 Å². The zero-order valence-electron chi connectivity index (χ0n) is 17.0. The second kappa shape index (κ2) is 9.94. The molecule has 0 fully saturated rings. The molecule has 0 saturated heterocycles. The quantitative estimate of drug-likeness (QED) is 0.353. The van der Waals surface area contributed by atoms with E-state index in [0.717, 1.165) is 22.4 Å². The summed E-state index contributed by atoms with van der Waals surface area (Å²) < 4.78 is 12.6. The summed E-state index contributed by atoms with van der Waals surface area (Å²) in [6.07, 6.45) is 3.74. The van der Waals surface area contributed by atoms with Crippen LogP contribution in [-0.2, 0) is 6.54 Å². The first-order valence-corrected chi connectivity index (χ1v) is 9.04. The number of para-hydroxylation sites is 1. The maximum absolute atomic E-state index is 12.7. The molecule has 29 heavy (non-hydrogen) atoms. The van der Waals surface area contributed by atoms with E-state index in [2.05, 4.69) is 4.99 Å². The molecule has 0 unspecified atom stereocenters. The van der Waals surface area contributed by atoms with Crippen LogP contribution in [0.2, 0.25) is 0 Å². The minimum atomic E-state index is -0.251. The second-order valence-corrected chi connectivity index (χ2v) is 6.61. The van der Waals surface area contributed by atoms with E-state index in [0.29, 0.717) is 23.6 Å². The Hall–Kier alpha value is -3.05. The monoisotopic (exact) mass is 412 g/mol. The molecule has 0 atom stereocenters. The van der Waals surface area contributed by atoms with E-state index in [9.17, 15) is 5.11 Å². The normalized spacial score (nSPS) is 11.0. The van der Waals surface area contributed by atoms with Gasteiger partial charge in [-0.1, -0.05) is 18.2 Å². The van der Waals surface area contributed by atoms with Gasteiger partial charge in [0.15, 0.2) is 30.4 Å². The van der Waals surface area contributed by atoms with Crippen molar-refractivity contribution >= 4 is 24.0 Å². The third kappa shape index (κ3) is 5.27. The average Bonchev–Trinajstić information content (AvgIpc) is 2.70. The van der Waals surface area contributed by atoms with Crippen molar-refractivity contribution in [3.8, 4) is 11.5 Å². The summed E-state index contributed by atoms with van der Waals surface area (Å²) in [6, 6.07) is 15.3. The van der Waals surface area contributed by atoms with Gasteiger partial charge in [0, 0.05) is 23.1 Å². The molecule has 152 valence electrons. The minimum Gasteiger partial charge on any atom is -0.858 e. The van der Waals surface area contributed by atoms with Crippen molar-refractivity contribution in [3.63, 3.8) is 0 Å². The summed E-state index contributed by atoms with van der Waals surface area (Å²) in [5, 5.41) is 12.7. The third-order valence-electron chi connectivity index (χ3n) is 4.57. The van der Waals surface area contributed by atoms with Crippen molar-refractivity contribution in [2.24, 2.45) is 4.99 Å². The number of nitrogens with zero attached hydrogens (tertiary/aromatic N) is 2. The van der Waals surface area contributed by atoms with E-state index in [1.54, 1.807) is 20.3 Å². The fourth-order valence-electron chi connectivity index (χ4n) is 3.08. The molecule has 0 aliphatic rings. The highest BCUT2D eigenvalue weighted by Gasteiger charge is 2.10. The van der Waals surface area contributed by atoms with Gasteiger partial charge in [-0.05, 0) is 49.2 Å². The first-order chi connectivity index (χ1) is 13.5. The van der Waals surface area contributed by atoms with Crippen LogP contribution in [0.3, 0.4) is 0 Å². The molecule has 0 aliphatic carbocycles. The minimum absolute atomic E-state index is 0. The van der Waals surface area contributed by atoms with Gasteiger partial charge < -0.3 is 14.6 Å². The standard InChI is InChI=1S/C23H24N2O3.ClH/c1-16-7-5-8-17(2)22(16)24-23(26)19-9-6-12-25(15-19)14-18-10-11-20(27-3)21(13-18)28-4;/h5-13,15H,14H2,1-4H3;1H. The highest BCUT2D eigenvalue weighted by molar-refractivity contribution is 5.92. The Morgan fingerprint density at radius 2 is 1.66 bits per heavy atom. The Morgan fingerprint density at radius 1 is 0.966 bits per heavy atom. The number of aromatic nitrogens is 1. The SMILES string of the molecule is COc1ccc(C[n+]2cccc(C([O-])=Nc3c(C)cccc3C)c2)cc1OC.Cl. The zero-order chi connectivity index (χ0) is 20.1. The lowest BCUT2D eigenvalue weighted by Crippen LogP contribution is -2.35. The number of ether oxygens (including phenoxy) is 2. The number of hydrogen-bond acceptors (Lipinski definition) is 4. The lowest BCUT2D eigenvalue weighted by Gasteiger charge is -2.12. The van der Waals surface area contributed by atoms with Crippen molar-refractivity contribution in [1.82, 2.24) is 0 Å². The van der Waals surface area contributed by atoms with Gasteiger partial charge in [0.2, 0.25) is 0 Å². The molecular formula is C23H25ClN2O3. The van der Waals surface area contributed by atoms with Crippen molar-refractivity contribution in [3.05, 3.63) is 83.2 Å². The summed E-state index contributed by atoms with van der Waals surface area (Å²) in [5.41, 5.74) is 4.30. The highest BCUT2D eigenvalue weighted by Crippen LogP contribution is 2.27. The molecule has 0 radical (unpaired) electrons. The van der Waals surface area contributed by atoms with Crippen molar-refractivity contribution in [1.29, 1.82) is 0 Å². The molecule has 3 rings (SSSR count). The van der Waals surface area contributed by atoms with Crippen molar-refractivity contribution < 1.29 is 19.1 Å². The second-order valence-electron chi connectivity index (χ2n) is 6.61. The molecule has 5 nitrogen and oxygen atoms in total. The third-order valence-corrected chi connectivity index (χ3v) is 4.57. The van der Waals surface area contributed by atoms with Gasteiger partial charge in [0.1, 0.15) is 0 Å². The van der Waals surface area contributed by atoms with Crippen molar-refractivity contribution in [2.45, 2.75) is 20.4 Å². The van der Waals surface area contributed by atoms with Gasteiger partial charge in [-0.2, -0.15) is 0 Å². The van der Waals surface area contributed by atoms with Crippen LogP contribution >= 0.6 is 12.4 Å². The highest BCUT2D eigenvalue weighted by atomic mass is 35.5. The predicted molar refractivity (Wildman–Crippen MR) is 115 cm³/mol. The lowest BCUT2D eigenvalue weighted by molar-refractivity contribution is -0.688. The molecule has 0 spiro atoms. The summed E-state index contributed by atoms with van der Waals surface area (Å²) in [6.45, 7) is 4.52. The molecule has 6 heteroatoms. The van der Waals surface area contributed by atoms with E-state index in [1.165, 1.54) is 0 Å². The Morgan fingerprint density at radius 3 is 2.31 bits per heavy atom. The van der Waals surface area contributed by atoms with Crippen LogP contribution in [0.4, 0.5) is 5.69 Å². The van der Waals surface area contributed by atoms with E-state index >= 15 is 0 Å². The van der Waals surface area contributed by atoms with Crippen LogP contribution in [0, 0.1) is 13.8 Å². The Bertz CT molecular complexity index is 999. The number of benzene rings is 2. The Balaban J connectivity index is 0.00000300. The zero-order valence-corrected chi connectivity index (χ0v) is 17.8. The van der Waals surface area contributed by atoms with E-state index in [4.69, 9.17) is 9.47 Å². The smallest absolute Gasteiger partial charge is 0.177 e. The molecule has 1 aromatic heterocycles. The fraction of sp³-hybridized carbons (Fsp3) is 0.217. The molecule has 0 saturated carbocycles. The summed E-state index contributed by atoms with van der Waals surface area (Å²) >= 11 is 0. The molecule has 0 aliphatic heterocycles. The Labute approximate surface area is 177 Å². The molecule has 0 amide bonds. The van der Waals surface area contributed by atoms with Gasteiger partial charge in [-0.3, -0.25) is 4.99 Å². The molecule has 0 bridgehead atoms. The molecule has 2 aromatic carbocycles. The number of aryl methyl sites for hydroxylation is 2. The maximum atomic E-state index is 12.7. The maximum Gasteiger partial charge on any atom is 0.177 e. The number of methoxy groups -OCH3 is 2. The molecule has 3 aromatic rings. The summed E-state index contributed by atoms with van der Waals surface area (Å²) in [5.74, 6) is 1.12. The van der Waals surface area contributed by atoms with Gasteiger partial charge in [-0.25, -0.2) is 4.57 Å². The number of hydrogen-bond donors (Lipinski definition) is 0. The molecule has 0 N–H and O–H groups in total. The van der Waals surface area contributed by atoms with Gasteiger partial charge in [0.05, 0.1) is 19.9 Å². The van der Waals surface area contributed by atoms with E-state index in [-0.39, 0.29) is 18.3 Å². The van der Waals surface area contributed by atoms with Crippen molar-refractivity contribution in [2.75, 3.05) is 14.2 Å². The van der Waals surface area contributed by atoms with Crippen LogP contribution in [0.5, 0.6) is 11.5 Å². The number of rotatable bonds is 6.